The predicted molar refractivity (Wildman–Crippen MR) is 71.0 cm³/mol. The molecular formula is C15H19N3. The van der Waals surface area contributed by atoms with E-state index in [0.29, 0.717) is 11.7 Å². The second-order valence-electron chi connectivity index (χ2n) is 5.78. The van der Waals surface area contributed by atoms with Gasteiger partial charge < -0.3 is 5.32 Å². The Morgan fingerprint density at radius 3 is 3.00 bits per heavy atom. The SMILES string of the molecule is CC(Nc1cccnc1C#N)C1CC2CCC1C2. The molecule has 0 spiro atoms. The van der Waals surface area contributed by atoms with E-state index in [0.717, 1.165) is 23.4 Å². The van der Waals surface area contributed by atoms with Crippen molar-refractivity contribution in [1.82, 2.24) is 4.98 Å². The first-order chi connectivity index (χ1) is 8.78. The number of nitrogens with one attached hydrogen (secondary N) is 1. The summed E-state index contributed by atoms with van der Waals surface area (Å²) in [6, 6.07) is 6.43. The van der Waals surface area contributed by atoms with Crippen molar-refractivity contribution in [3.8, 4) is 6.07 Å². The van der Waals surface area contributed by atoms with Gasteiger partial charge in [0, 0.05) is 12.2 Å². The molecule has 0 aromatic carbocycles. The summed E-state index contributed by atoms with van der Waals surface area (Å²) in [6.45, 7) is 2.25. The van der Waals surface area contributed by atoms with Crippen LogP contribution in [-0.4, -0.2) is 11.0 Å². The Kier molecular flexibility index (Phi) is 2.95. The smallest absolute Gasteiger partial charge is 0.163 e. The predicted octanol–water partition coefficient (Wildman–Crippen LogP) is 3.19. The van der Waals surface area contributed by atoms with E-state index in [4.69, 9.17) is 5.26 Å². The highest BCUT2D eigenvalue weighted by molar-refractivity contribution is 5.53. The summed E-state index contributed by atoms with van der Waals surface area (Å²) in [6.07, 6.45) is 7.30. The highest BCUT2D eigenvalue weighted by atomic mass is 14.9. The van der Waals surface area contributed by atoms with E-state index in [1.165, 1.54) is 25.7 Å². The molecule has 3 nitrogen and oxygen atoms in total. The lowest BCUT2D eigenvalue weighted by Gasteiger charge is -2.29. The summed E-state index contributed by atoms with van der Waals surface area (Å²) in [7, 11) is 0. The second-order valence-corrected chi connectivity index (χ2v) is 5.78. The Bertz CT molecular complexity index is 477. The molecule has 0 radical (unpaired) electrons. The van der Waals surface area contributed by atoms with Crippen molar-refractivity contribution in [2.45, 2.75) is 38.6 Å². The van der Waals surface area contributed by atoms with Gasteiger partial charge in [0.25, 0.3) is 0 Å². The van der Waals surface area contributed by atoms with Crippen molar-refractivity contribution >= 4 is 5.69 Å². The lowest BCUT2D eigenvalue weighted by Crippen LogP contribution is -2.30. The maximum Gasteiger partial charge on any atom is 0.163 e. The van der Waals surface area contributed by atoms with Crippen LogP contribution in [0.2, 0.25) is 0 Å². The molecule has 4 atom stereocenters. The molecule has 2 fully saturated rings. The van der Waals surface area contributed by atoms with E-state index in [2.05, 4.69) is 23.3 Å². The number of hydrogen-bond acceptors (Lipinski definition) is 3. The van der Waals surface area contributed by atoms with Crippen LogP contribution in [-0.2, 0) is 0 Å². The third-order valence-corrected chi connectivity index (χ3v) is 4.73. The van der Waals surface area contributed by atoms with Crippen LogP contribution in [0.25, 0.3) is 0 Å². The molecule has 3 rings (SSSR count). The number of fused-ring (bicyclic) bond motifs is 2. The number of pyridine rings is 1. The van der Waals surface area contributed by atoms with Crippen molar-refractivity contribution in [2.75, 3.05) is 5.32 Å². The molecule has 0 aliphatic heterocycles. The lowest BCUT2D eigenvalue weighted by atomic mass is 9.84. The molecule has 3 heteroatoms. The molecule has 0 amide bonds. The van der Waals surface area contributed by atoms with Crippen molar-refractivity contribution in [3.63, 3.8) is 0 Å². The molecular weight excluding hydrogens is 222 g/mol. The number of nitrogens with zero attached hydrogens (tertiary/aromatic N) is 2. The van der Waals surface area contributed by atoms with E-state index in [1.807, 2.05) is 12.1 Å². The summed E-state index contributed by atoms with van der Waals surface area (Å²) in [4.78, 5) is 4.10. The maximum atomic E-state index is 9.05. The van der Waals surface area contributed by atoms with Crippen molar-refractivity contribution in [3.05, 3.63) is 24.0 Å². The van der Waals surface area contributed by atoms with E-state index >= 15 is 0 Å². The number of hydrogen-bond donors (Lipinski definition) is 1. The van der Waals surface area contributed by atoms with Gasteiger partial charge >= 0.3 is 0 Å². The zero-order chi connectivity index (χ0) is 12.5. The minimum Gasteiger partial charge on any atom is -0.380 e. The number of aromatic nitrogens is 1. The van der Waals surface area contributed by atoms with Crippen molar-refractivity contribution < 1.29 is 0 Å². The minimum absolute atomic E-state index is 0.441. The molecule has 94 valence electrons. The van der Waals surface area contributed by atoms with Gasteiger partial charge in [-0.3, -0.25) is 0 Å². The Morgan fingerprint density at radius 1 is 1.44 bits per heavy atom. The molecule has 0 saturated heterocycles. The van der Waals surface area contributed by atoms with Crippen molar-refractivity contribution in [2.24, 2.45) is 17.8 Å². The normalized spacial score (nSPS) is 31.0. The Balaban J connectivity index is 1.71. The van der Waals surface area contributed by atoms with E-state index in [9.17, 15) is 0 Å². The van der Waals surface area contributed by atoms with Crippen LogP contribution in [0.4, 0.5) is 5.69 Å². The number of anilines is 1. The van der Waals surface area contributed by atoms with Crippen LogP contribution >= 0.6 is 0 Å². The lowest BCUT2D eigenvalue weighted by molar-refractivity contribution is 0.304. The van der Waals surface area contributed by atoms with Crippen LogP contribution in [0.1, 0.15) is 38.3 Å². The summed E-state index contributed by atoms with van der Waals surface area (Å²) >= 11 is 0. The monoisotopic (exact) mass is 241 g/mol. The zero-order valence-corrected chi connectivity index (χ0v) is 10.8. The van der Waals surface area contributed by atoms with Crippen LogP contribution < -0.4 is 5.32 Å². The summed E-state index contributed by atoms with van der Waals surface area (Å²) in [5.74, 6) is 2.64. The first-order valence-electron chi connectivity index (χ1n) is 6.89. The molecule has 1 aromatic heterocycles. The third-order valence-electron chi connectivity index (χ3n) is 4.73. The zero-order valence-electron chi connectivity index (χ0n) is 10.8. The largest absolute Gasteiger partial charge is 0.380 e. The topological polar surface area (TPSA) is 48.7 Å². The first-order valence-corrected chi connectivity index (χ1v) is 6.89. The second kappa shape index (κ2) is 4.61. The average molecular weight is 241 g/mol. The molecule has 18 heavy (non-hydrogen) atoms. The van der Waals surface area contributed by atoms with Gasteiger partial charge in [-0.25, -0.2) is 4.98 Å². The fraction of sp³-hybridized carbons (Fsp3) is 0.600. The third kappa shape index (κ3) is 1.96. The van der Waals surface area contributed by atoms with Gasteiger partial charge in [-0.05, 0) is 56.1 Å². The molecule has 2 aliphatic rings. The Morgan fingerprint density at radius 2 is 2.33 bits per heavy atom. The van der Waals surface area contributed by atoms with E-state index < -0.39 is 0 Å². The van der Waals surface area contributed by atoms with Gasteiger partial charge in [0.1, 0.15) is 6.07 Å². The molecule has 2 bridgehead atoms. The van der Waals surface area contributed by atoms with E-state index in [-0.39, 0.29) is 0 Å². The van der Waals surface area contributed by atoms with Gasteiger partial charge in [0.15, 0.2) is 5.69 Å². The number of rotatable bonds is 3. The van der Waals surface area contributed by atoms with Gasteiger partial charge in [-0.2, -0.15) is 5.26 Å². The fourth-order valence-electron chi connectivity index (χ4n) is 3.87. The van der Waals surface area contributed by atoms with Gasteiger partial charge in [0.2, 0.25) is 0 Å². The summed E-state index contributed by atoms with van der Waals surface area (Å²) < 4.78 is 0. The van der Waals surface area contributed by atoms with Gasteiger partial charge in [-0.15, -0.1) is 0 Å². The summed E-state index contributed by atoms with van der Waals surface area (Å²) in [5.41, 5.74) is 1.39. The molecule has 2 aliphatic carbocycles. The quantitative estimate of drug-likeness (QED) is 0.884. The Labute approximate surface area is 108 Å². The fourth-order valence-corrected chi connectivity index (χ4v) is 3.87. The van der Waals surface area contributed by atoms with Gasteiger partial charge in [-0.1, -0.05) is 6.42 Å². The molecule has 1 heterocycles. The van der Waals surface area contributed by atoms with Crippen LogP contribution in [0.15, 0.2) is 18.3 Å². The highest BCUT2D eigenvalue weighted by Crippen LogP contribution is 2.49. The minimum atomic E-state index is 0.441. The standard InChI is InChI=1S/C15H19N3/c1-10(13-8-11-4-5-12(13)7-11)18-14-3-2-6-17-15(14)9-16/h2-3,6,10-13,18H,4-5,7-8H2,1H3. The number of nitriles is 1. The molecule has 2 saturated carbocycles. The average Bonchev–Trinajstić information content (AvgIpc) is 3.01. The van der Waals surface area contributed by atoms with Crippen LogP contribution in [0.5, 0.6) is 0 Å². The summed E-state index contributed by atoms with van der Waals surface area (Å²) in [5, 5.41) is 12.6. The van der Waals surface area contributed by atoms with Crippen LogP contribution in [0, 0.1) is 29.1 Å². The Hall–Kier alpha value is -1.56. The van der Waals surface area contributed by atoms with E-state index in [1.54, 1.807) is 6.20 Å². The molecule has 4 unspecified atom stereocenters. The van der Waals surface area contributed by atoms with Crippen LogP contribution in [0.3, 0.4) is 0 Å². The van der Waals surface area contributed by atoms with Crippen molar-refractivity contribution in [1.29, 1.82) is 5.26 Å². The highest BCUT2D eigenvalue weighted by Gasteiger charge is 2.41. The van der Waals surface area contributed by atoms with Gasteiger partial charge in [0.05, 0.1) is 5.69 Å². The molecule has 1 aromatic rings. The maximum absolute atomic E-state index is 9.05. The first kappa shape index (κ1) is 11.5. The molecule has 1 N–H and O–H groups in total.